The summed E-state index contributed by atoms with van der Waals surface area (Å²) in [6, 6.07) is 0. The molecule has 1 unspecified atom stereocenters. The summed E-state index contributed by atoms with van der Waals surface area (Å²) < 4.78 is 5.04. The number of unbranched alkanes of at least 4 members (excludes halogenated alkanes) is 4. The van der Waals surface area contributed by atoms with Crippen molar-refractivity contribution in [3.05, 3.63) is 0 Å². The third-order valence-corrected chi connectivity index (χ3v) is 2.90. The zero-order valence-electron chi connectivity index (χ0n) is 11.1. The van der Waals surface area contributed by atoms with Crippen LogP contribution in [0.25, 0.3) is 0 Å². The minimum absolute atomic E-state index is 0.0397. The van der Waals surface area contributed by atoms with Crippen LogP contribution in [0.2, 0.25) is 0 Å². The van der Waals surface area contributed by atoms with E-state index in [-0.39, 0.29) is 11.2 Å². The van der Waals surface area contributed by atoms with Crippen LogP contribution in [0.3, 0.4) is 0 Å². The molecular weight excluding hydrogens is 222 g/mol. The molecule has 0 aliphatic heterocycles. The van der Waals surface area contributed by atoms with Crippen LogP contribution in [0.4, 0.5) is 0 Å². The van der Waals surface area contributed by atoms with Crippen LogP contribution >= 0.6 is 0 Å². The standard InChI is InChI=1S/C12H25NO4/c1-4-6-7-8-9-10-11(14)17-12(3,5-2)13(15)16/h15-16H,4-10H2,1-3H3. The van der Waals surface area contributed by atoms with Gasteiger partial charge in [-0.1, -0.05) is 39.5 Å². The molecule has 0 aliphatic rings. The zero-order chi connectivity index (χ0) is 13.3. The van der Waals surface area contributed by atoms with Crippen LogP contribution in [-0.4, -0.2) is 27.3 Å². The van der Waals surface area contributed by atoms with Crippen molar-refractivity contribution in [1.82, 2.24) is 5.23 Å². The number of nitrogens with zero attached hydrogens (tertiary/aromatic N) is 1. The average molecular weight is 247 g/mol. The Balaban J connectivity index is 3.84. The van der Waals surface area contributed by atoms with Crippen LogP contribution in [0, 0.1) is 0 Å². The summed E-state index contributed by atoms with van der Waals surface area (Å²) in [6.45, 7) is 5.31. The first-order chi connectivity index (χ1) is 7.96. The van der Waals surface area contributed by atoms with Crippen molar-refractivity contribution in [2.24, 2.45) is 0 Å². The van der Waals surface area contributed by atoms with Gasteiger partial charge in [-0.05, 0) is 18.6 Å². The molecule has 0 amide bonds. The highest BCUT2D eigenvalue weighted by Crippen LogP contribution is 2.19. The summed E-state index contributed by atoms with van der Waals surface area (Å²) in [4.78, 5) is 11.5. The Labute approximate surface area is 103 Å². The summed E-state index contributed by atoms with van der Waals surface area (Å²) in [6.07, 6.45) is 5.91. The number of rotatable bonds is 9. The highest BCUT2D eigenvalue weighted by atomic mass is 16.8. The van der Waals surface area contributed by atoms with E-state index >= 15 is 0 Å². The zero-order valence-corrected chi connectivity index (χ0v) is 11.1. The summed E-state index contributed by atoms with van der Waals surface area (Å²) in [7, 11) is 0. The third-order valence-electron chi connectivity index (χ3n) is 2.90. The van der Waals surface area contributed by atoms with Crippen LogP contribution in [0.5, 0.6) is 0 Å². The number of carbonyl (C=O) groups excluding carboxylic acids is 1. The highest BCUT2D eigenvalue weighted by molar-refractivity contribution is 5.69. The molecule has 0 aromatic carbocycles. The molecule has 1 atom stereocenters. The molecule has 0 saturated heterocycles. The maximum absolute atomic E-state index is 11.5. The Morgan fingerprint density at radius 2 is 1.76 bits per heavy atom. The maximum atomic E-state index is 11.5. The van der Waals surface area contributed by atoms with Crippen LogP contribution in [0.15, 0.2) is 0 Å². The Morgan fingerprint density at radius 3 is 2.24 bits per heavy atom. The fourth-order valence-corrected chi connectivity index (χ4v) is 1.42. The number of hydroxylamine groups is 2. The van der Waals surface area contributed by atoms with Crippen LogP contribution < -0.4 is 0 Å². The molecule has 5 nitrogen and oxygen atoms in total. The summed E-state index contributed by atoms with van der Waals surface area (Å²) >= 11 is 0. The number of hydrogen-bond donors (Lipinski definition) is 2. The number of hydrogen-bond acceptors (Lipinski definition) is 5. The predicted octanol–water partition coefficient (Wildman–Crippen LogP) is 3.10. The predicted molar refractivity (Wildman–Crippen MR) is 63.6 cm³/mol. The lowest BCUT2D eigenvalue weighted by atomic mass is 10.1. The fraction of sp³-hybridized carbons (Fsp3) is 0.917. The van der Waals surface area contributed by atoms with E-state index in [4.69, 9.17) is 15.2 Å². The summed E-state index contributed by atoms with van der Waals surface area (Å²) in [5.41, 5.74) is -1.35. The Morgan fingerprint density at radius 1 is 1.18 bits per heavy atom. The first kappa shape index (κ1) is 16.4. The first-order valence-electron chi connectivity index (χ1n) is 6.36. The van der Waals surface area contributed by atoms with Gasteiger partial charge in [0, 0.05) is 12.8 Å². The van der Waals surface area contributed by atoms with E-state index in [0.29, 0.717) is 12.8 Å². The molecule has 0 radical (unpaired) electrons. The average Bonchev–Trinajstić information content (AvgIpc) is 2.28. The van der Waals surface area contributed by atoms with Gasteiger partial charge in [0.15, 0.2) is 0 Å². The number of esters is 1. The monoisotopic (exact) mass is 247 g/mol. The lowest BCUT2D eigenvalue weighted by Gasteiger charge is -2.30. The van der Waals surface area contributed by atoms with Crippen molar-refractivity contribution in [3.8, 4) is 0 Å². The van der Waals surface area contributed by atoms with Crippen molar-refractivity contribution in [2.45, 2.75) is 71.4 Å². The van der Waals surface area contributed by atoms with Crippen LogP contribution in [-0.2, 0) is 9.53 Å². The van der Waals surface area contributed by atoms with Gasteiger partial charge in [-0.3, -0.25) is 15.2 Å². The normalized spacial score (nSPS) is 14.7. The molecule has 17 heavy (non-hydrogen) atoms. The molecule has 5 heteroatoms. The second-order valence-electron chi connectivity index (χ2n) is 4.46. The molecular formula is C12H25NO4. The molecule has 0 aliphatic carbocycles. The van der Waals surface area contributed by atoms with E-state index in [1.165, 1.54) is 19.8 Å². The molecule has 0 spiro atoms. The molecule has 2 N–H and O–H groups in total. The number of ether oxygens (including phenoxy) is 1. The molecule has 0 bridgehead atoms. The van der Waals surface area contributed by atoms with Crippen molar-refractivity contribution in [1.29, 1.82) is 0 Å². The van der Waals surface area contributed by atoms with Crippen molar-refractivity contribution >= 4 is 5.97 Å². The second-order valence-corrected chi connectivity index (χ2v) is 4.46. The van der Waals surface area contributed by atoms with E-state index in [1.54, 1.807) is 6.92 Å². The Kier molecular flexibility index (Phi) is 8.12. The lowest BCUT2D eigenvalue weighted by molar-refractivity contribution is -0.409. The van der Waals surface area contributed by atoms with Gasteiger partial charge in [-0.25, -0.2) is 0 Å². The first-order valence-corrected chi connectivity index (χ1v) is 6.36. The van der Waals surface area contributed by atoms with E-state index in [0.717, 1.165) is 19.3 Å². The maximum Gasteiger partial charge on any atom is 0.307 e. The molecule has 0 saturated carbocycles. The molecule has 0 heterocycles. The molecule has 0 fully saturated rings. The lowest BCUT2D eigenvalue weighted by Crippen LogP contribution is -2.45. The topological polar surface area (TPSA) is 70.0 Å². The van der Waals surface area contributed by atoms with Gasteiger partial charge < -0.3 is 4.74 Å². The Hall–Kier alpha value is -0.650. The smallest absolute Gasteiger partial charge is 0.307 e. The molecule has 102 valence electrons. The van der Waals surface area contributed by atoms with Gasteiger partial charge in [0.05, 0.1) is 0 Å². The van der Waals surface area contributed by atoms with Gasteiger partial charge >= 0.3 is 5.97 Å². The number of carbonyl (C=O) groups is 1. The summed E-state index contributed by atoms with van der Waals surface area (Å²) in [5, 5.41) is 17.9. The molecule has 0 aromatic rings. The van der Waals surface area contributed by atoms with E-state index in [2.05, 4.69) is 6.92 Å². The van der Waals surface area contributed by atoms with Crippen molar-refractivity contribution in [2.75, 3.05) is 0 Å². The largest absolute Gasteiger partial charge is 0.439 e. The van der Waals surface area contributed by atoms with Crippen molar-refractivity contribution < 1.29 is 19.9 Å². The van der Waals surface area contributed by atoms with Gasteiger partial charge in [0.2, 0.25) is 5.72 Å². The van der Waals surface area contributed by atoms with Crippen molar-refractivity contribution in [3.63, 3.8) is 0 Å². The minimum atomic E-state index is -1.35. The summed E-state index contributed by atoms with van der Waals surface area (Å²) in [5.74, 6) is -0.390. The molecule has 0 rings (SSSR count). The van der Waals surface area contributed by atoms with Crippen LogP contribution in [0.1, 0.15) is 65.7 Å². The van der Waals surface area contributed by atoms with E-state index in [9.17, 15) is 4.79 Å². The van der Waals surface area contributed by atoms with E-state index < -0.39 is 5.72 Å². The van der Waals surface area contributed by atoms with Gasteiger partial charge in [0.25, 0.3) is 0 Å². The van der Waals surface area contributed by atoms with E-state index in [1.807, 2.05) is 0 Å². The van der Waals surface area contributed by atoms with Gasteiger partial charge in [0.1, 0.15) is 0 Å². The minimum Gasteiger partial charge on any atom is -0.439 e. The quantitative estimate of drug-likeness (QED) is 0.283. The Bertz CT molecular complexity index is 221. The second kappa shape index (κ2) is 8.44. The van der Waals surface area contributed by atoms with Gasteiger partial charge in [-0.2, -0.15) is 0 Å². The SMILES string of the molecule is CCCCCCCC(=O)OC(C)(CC)N(O)O. The fourth-order valence-electron chi connectivity index (χ4n) is 1.42. The van der Waals surface area contributed by atoms with Gasteiger partial charge in [-0.15, -0.1) is 0 Å². The molecule has 0 aromatic heterocycles. The highest BCUT2D eigenvalue weighted by Gasteiger charge is 2.32. The third kappa shape index (κ3) is 6.61.